The van der Waals surface area contributed by atoms with Crippen LogP contribution >= 0.6 is 0 Å². The number of amides is 1. The molecule has 0 saturated carbocycles. The summed E-state index contributed by atoms with van der Waals surface area (Å²) in [6, 6.07) is 16.1. The first-order valence-electron chi connectivity index (χ1n) is 10.1. The van der Waals surface area contributed by atoms with Crippen LogP contribution < -0.4 is 14.8 Å². The van der Waals surface area contributed by atoms with Crippen molar-refractivity contribution in [2.45, 2.75) is 18.7 Å². The summed E-state index contributed by atoms with van der Waals surface area (Å²) in [5.74, 6) is 0.617. The molecular weight excluding hydrogens is 458 g/mol. The number of hydrogen-bond acceptors (Lipinski definition) is 8. The molecule has 11 heteroatoms. The smallest absolute Gasteiger partial charge is 0.277 e. The van der Waals surface area contributed by atoms with Crippen LogP contribution in [0.25, 0.3) is 11.3 Å². The van der Waals surface area contributed by atoms with E-state index in [1.807, 2.05) is 0 Å². The maximum absolute atomic E-state index is 12.6. The number of benzene rings is 2. The van der Waals surface area contributed by atoms with Crippen molar-refractivity contribution in [3.8, 4) is 17.1 Å². The molecule has 1 amide bonds. The number of rotatable bonds is 7. The number of nitrogens with one attached hydrogen (secondary N) is 2. The van der Waals surface area contributed by atoms with Crippen molar-refractivity contribution >= 4 is 27.6 Å². The van der Waals surface area contributed by atoms with Crippen LogP contribution in [-0.4, -0.2) is 36.6 Å². The van der Waals surface area contributed by atoms with Crippen LogP contribution in [-0.2, 0) is 10.0 Å². The van der Waals surface area contributed by atoms with Crippen LogP contribution in [0.1, 0.15) is 21.9 Å². The highest BCUT2D eigenvalue weighted by Crippen LogP contribution is 2.24. The Morgan fingerprint density at radius 1 is 0.941 bits per heavy atom. The van der Waals surface area contributed by atoms with Gasteiger partial charge in [-0.1, -0.05) is 5.16 Å². The third-order valence-electron chi connectivity index (χ3n) is 4.75. The lowest BCUT2D eigenvalue weighted by Crippen LogP contribution is -2.16. The zero-order chi connectivity index (χ0) is 24.3. The summed E-state index contributed by atoms with van der Waals surface area (Å²) in [7, 11) is -2.33. The molecular formula is C23H21N5O5S. The summed E-state index contributed by atoms with van der Waals surface area (Å²) < 4.78 is 38.1. The van der Waals surface area contributed by atoms with E-state index in [-0.39, 0.29) is 16.5 Å². The maximum atomic E-state index is 12.6. The summed E-state index contributed by atoms with van der Waals surface area (Å²) in [6.07, 6.45) is 0. The molecule has 34 heavy (non-hydrogen) atoms. The molecule has 0 aliphatic carbocycles. The van der Waals surface area contributed by atoms with Crippen LogP contribution in [0.5, 0.6) is 5.75 Å². The highest BCUT2D eigenvalue weighted by Gasteiger charge is 2.18. The van der Waals surface area contributed by atoms with Gasteiger partial charge in [0.1, 0.15) is 5.75 Å². The van der Waals surface area contributed by atoms with Gasteiger partial charge in [0, 0.05) is 28.7 Å². The lowest BCUT2D eigenvalue weighted by Gasteiger charge is -2.09. The zero-order valence-electron chi connectivity index (χ0n) is 18.6. The highest BCUT2D eigenvalue weighted by molar-refractivity contribution is 7.92. The van der Waals surface area contributed by atoms with Crippen molar-refractivity contribution < 1.29 is 22.5 Å². The van der Waals surface area contributed by atoms with Gasteiger partial charge in [0.2, 0.25) is 5.95 Å². The van der Waals surface area contributed by atoms with Gasteiger partial charge in [-0.2, -0.15) is 0 Å². The van der Waals surface area contributed by atoms with Gasteiger partial charge in [-0.05, 0) is 68.4 Å². The minimum atomic E-state index is -3.90. The maximum Gasteiger partial charge on any atom is 0.277 e. The largest absolute Gasteiger partial charge is 0.497 e. The van der Waals surface area contributed by atoms with Gasteiger partial charge in [-0.25, -0.2) is 23.1 Å². The highest BCUT2D eigenvalue weighted by atomic mass is 32.2. The molecule has 2 aromatic heterocycles. The Labute approximate surface area is 196 Å². The molecule has 0 radical (unpaired) electrons. The molecule has 0 bridgehead atoms. The SMILES string of the molecule is COc1ccc(-c2cc(C(=O)Nc3ccc(S(=O)(=O)Nc4nc(C)cc(C)n4)cc3)no2)cc1. The molecule has 0 aliphatic rings. The molecule has 10 nitrogen and oxygen atoms in total. The van der Waals surface area contributed by atoms with Crippen molar-refractivity contribution in [2.24, 2.45) is 0 Å². The van der Waals surface area contributed by atoms with Crippen LogP contribution in [0.3, 0.4) is 0 Å². The minimum absolute atomic E-state index is 0.00325. The molecule has 0 unspecified atom stereocenters. The van der Waals surface area contributed by atoms with E-state index < -0.39 is 15.9 Å². The molecule has 0 atom stereocenters. The standard InChI is InChI=1S/C23H21N5O5S/c1-14-12-15(2)25-23(24-14)28-34(30,31)19-10-6-17(7-11-19)26-22(29)20-13-21(33-27-20)16-4-8-18(32-3)9-5-16/h4-13H,1-3H3,(H,26,29)(H,24,25,28). The van der Waals surface area contributed by atoms with E-state index in [9.17, 15) is 13.2 Å². The summed E-state index contributed by atoms with van der Waals surface area (Å²) in [5, 5.41) is 6.47. The quantitative estimate of drug-likeness (QED) is 0.408. The summed E-state index contributed by atoms with van der Waals surface area (Å²) in [4.78, 5) is 20.7. The van der Waals surface area contributed by atoms with E-state index >= 15 is 0 Å². The van der Waals surface area contributed by atoms with Crippen LogP contribution in [0.4, 0.5) is 11.6 Å². The molecule has 2 aromatic carbocycles. The number of anilines is 2. The molecule has 4 rings (SSSR count). The molecule has 2 N–H and O–H groups in total. The number of nitrogens with zero attached hydrogens (tertiary/aromatic N) is 3. The molecule has 2 heterocycles. The van der Waals surface area contributed by atoms with E-state index in [0.29, 0.717) is 28.6 Å². The van der Waals surface area contributed by atoms with Gasteiger partial charge in [-0.3, -0.25) is 4.79 Å². The number of carbonyl (C=O) groups is 1. The van der Waals surface area contributed by atoms with Gasteiger partial charge in [0.05, 0.1) is 12.0 Å². The van der Waals surface area contributed by atoms with Crippen molar-refractivity contribution in [3.63, 3.8) is 0 Å². The third-order valence-corrected chi connectivity index (χ3v) is 6.09. The first-order valence-corrected chi connectivity index (χ1v) is 11.6. The summed E-state index contributed by atoms with van der Waals surface area (Å²) in [6.45, 7) is 3.50. The lowest BCUT2D eigenvalue weighted by molar-refractivity contribution is 0.101. The number of ether oxygens (including phenoxy) is 1. The van der Waals surface area contributed by atoms with E-state index in [1.54, 1.807) is 51.3 Å². The predicted octanol–water partition coefficient (Wildman–Crippen LogP) is 3.81. The molecule has 0 aliphatic heterocycles. The van der Waals surface area contributed by atoms with Crippen molar-refractivity contribution in [3.05, 3.63) is 77.7 Å². The molecule has 0 fully saturated rings. The lowest BCUT2D eigenvalue weighted by atomic mass is 10.1. The molecule has 4 aromatic rings. The van der Waals surface area contributed by atoms with Crippen molar-refractivity contribution in [1.29, 1.82) is 0 Å². The monoisotopic (exact) mass is 479 g/mol. The second kappa shape index (κ2) is 9.32. The fraction of sp³-hybridized carbons (Fsp3) is 0.130. The number of methoxy groups -OCH3 is 1. The molecule has 0 spiro atoms. The van der Waals surface area contributed by atoms with Gasteiger partial charge in [0.15, 0.2) is 11.5 Å². The minimum Gasteiger partial charge on any atom is -0.497 e. The van der Waals surface area contributed by atoms with E-state index in [2.05, 4.69) is 25.2 Å². The Morgan fingerprint density at radius 2 is 1.59 bits per heavy atom. The fourth-order valence-corrected chi connectivity index (χ4v) is 4.08. The van der Waals surface area contributed by atoms with E-state index in [0.717, 1.165) is 5.56 Å². The second-order valence-corrected chi connectivity index (χ2v) is 9.05. The second-order valence-electron chi connectivity index (χ2n) is 7.36. The Hall–Kier alpha value is -4.25. The number of aromatic nitrogens is 3. The van der Waals surface area contributed by atoms with Crippen molar-refractivity contribution in [1.82, 2.24) is 15.1 Å². The number of sulfonamides is 1. The Kier molecular flexibility index (Phi) is 6.28. The van der Waals surface area contributed by atoms with Gasteiger partial charge < -0.3 is 14.6 Å². The first-order chi connectivity index (χ1) is 16.2. The topological polar surface area (TPSA) is 136 Å². The number of aryl methyl sites for hydroxylation is 2. The fourth-order valence-electron chi connectivity index (χ4n) is 3.14. The average Bonchev–Trinajstić information content (AvgIpc) is 3.29. The van der Waals surface area contributed by atoms with E-state index in [1.165, 1.54) is 30.3 Å². The normalized spacial score (nSPS) is 11.1. The Bertz CT molecular complexity index is 1410. The molecule has 174 valence electrons. The van der Waals surface area contributed by atoms with Crippen LogP contribution in [0, 0.1) is 13.8 Å². The summed E-state index contributed by atoms with van der Waals surface area (Å²) >= 11 is 0. The van der Waals surface area contributed by atoms with Crippen molar-refractivity contribution in [2.75, 3.05) is 17.1 Å². The predicted molar refractivity (Wildman–Crippen MR) is 125 cm³/mol. The third kappa shape index (κ3) is 5.21. The summed E-state index contributed by atoms with van der Waals surface area (Å²) in [5.41, 5.74) is 2.50. The Morgan fingerprint density at radius 3 is 2.21 bits per heavy atom. The average molecular weight is 480 g/mol. The zero-order valence-corrected chi connectivity index (χ0v) is 19.4. The molecule has 0 saturated heterocycles. The van der Waals surface area contributed by atoms with Gasteiger partial charge in [-0.15, -0.1) is 0 Å². The van der Waals surface area contributed by atoms with Gasteiger partial charge >= 0.3 is 0 Å². The number of carbonyl (C=O) groups excluding carboxylic acids is 1. The number of hydrogen-bond donors (Lipinski definition) is 2. The Balaban J connectivity index is 1.44. The first kappa shape index (κ1) is 22.9. The van der Waals surface area contributed by atoms with Crippen LogP contribution in [0.15, 0.2) is 70.1 Å². The van der Waals surface area contributed by atoms with Gasteiger partial charge in [0.25, 0.3) is 15.9 Å². The van der Waals surface area contributed by atoms with E-state index in [4.69, 9.17) is 9.26 Å². The van der Waals surface area contributed by atoms with Crippen LogP contribution in [0.2, 0.25) is 0 Å².